The lowest BCUT2D eigenvalue weighted by Crippen LogP contribution is -2.31. The van der Waals surface area contributed by atoms with E-state index < -0.39 is 0 Å². The topological polar surface area (TPSA) is 12.0 Å². The first-order chi connectivity index (χ1) is 8.49. The van der Waals surface area contributed by atoms with Gasteiger partial charge in [0, 0.05) is 6.04 Å². The number of nitrogens with one attached hydrogen (secondary N) is 1. The Balaban J connectivity index is 3.80. The quantitative estimate of drug-likeness (QED) is 0.478. The van der Waals surface area contributed by atoms with Crippen molar-refractivity contribution in [3.8, 4) is 0 Å². The van der Waals surface area contributed by atoms with Crippen LogP contribution in [0.25, 0.3) is 0 Å². The molecular weight excluding hydrogens is 218 g/mol. The van der Waals surface area contributed by atoms with Crippen molar-refractivity contribution in [1.82, 2.24) is 5.32 Å². The van der Waals surface area contributed by atoms with Crippen molar-refractivity contribution in [2.45, 2.75) is 98.4 Å². The van der Waals surface area contributed by atoms with Crippen LogP contribution < -0.4 is 5.32 Å². The lowest BCUT2D eigenvalue weighted by atomic mass is 9.92. The van der Waals surface area contributed by atoms with E-state index in [0.717, 1.165) is 6.04 Å². The lowest BCUT2D eigenvalue weighted by molar-refractivity contribution is 0.338. The first-order valence-corrected chi connectivity index (χ1v) is 8.23. The van der Waals surface area contributed by atoms with Gasteiger partial charge >= 0.3 is 0 Å². The number of rotatable bonds is 11. The summed E-state index contributed by atoms with van der Waals surface area (Å²) in [5.41, 5.74) is 0.463. The highest BCUT2D eigenvalue weighted by molar-refractivity contribution is 4.70. The number of hydrogen-bond donors (Lipinski definition) is 1. The Morgan fingerprint density at radius 3 is 1.72 bits per heavy atom. The first-order valence-electron chi connectivity index (χ1n) is 8.23. The molecule has 0 unspecified atom stereocenters. The summed E-state index contributed by atoms with van der Waals surface area (Å²) in [5.74, 6) is 0. The third-order valence-electron chi connectivity index (χ3n) is 3.62. The predicted molar refractivity (Wildman–Crippen MR) is 84.1 cm³/mol. The Morgan fingerprint density at radius 2 is 1.33 bits per heavy atom. The lowest BCUT2D eigenvalue weighted by Gasteiger charge is -2.23. The van der Waals surface area contributed by atoms with Gasteiger partial charge in [-0.3, -0.25) is 0 Å². The van der Waals surface area contributed by atoms with Gasteiger partial charge in [0.15, 0.2) is 0 Å². The molecule has 1 N–H and O–H groups in total. The van der Waals surface area contributed by atoms with E-state index in [1.54, 1.807) is 0 Å². The van der Waals surface area contributed by atoms with E-state index in [0.29, 0.717) is 5.41 Å². The average molecular weight is 255 g/mol. The van der Waals surface area contributed by atoms with Gasteiger partial charge in [-0.05, 0) is 31.2 Å². The number of unbranched alkanes of at least 4 members (excludes halogenated alkanes) is 4. The fourth-order valence-electron chi connectivity index (χ4n) is 2.28. The molecule has 0 aromatic heterocycles. The van der Waals surface area contributed by atoms with Gasteiger partial charge < -0.3 is 5.32 Å². The summed E-state index contributed by atoms with van der Waals surface area (Å²) in [5, 5.41) is 3.79. The summed E-state index contributed by atoms with van der Waals surface area (Å²) in [7, 11) is 0. The molecule has 0 aromatic rings. The highest BCUT2D eigenvalue weighted by Gasteiger charge is 2.12. The highest BCUT2D eigenvalue weighted by atomic mass is 14.9. The fourth-order valence-corrected chi connectivity index (χ4v) is 2.28. The van der Waals surface area contributed by atoms with Crippen LogP contribution in [0.4, 0.5) is 0 Å². The third-order valence-corrected chi connectivity index (χ3v) is 3.62. The summed E-state index contributed by atoms with van der Waals surface area (Å²) in [6, 6.07) is 0.769. The molecule has 0 rings (SSSR count). The van der Waals surface area contributed by atoms with E-state index in [9.17, 15) is 0 Å². The van der Waals surface area contributed by atoms with Crippen LogP contribution in [0.5, 0.6) is 0 Å². The second kappa shape index (κ2) is 10.8. The van der Waals surface area contributed by atoms with Crippen molar-refractivity contribution in [3.63, 3.8) is 0 Å². The van der Waals surface area contributed by atoms with Crippen molar-refractivity contribution < 1.29 is 0 Å². The Bertz CT molecular complexity index is 159. The molecule has 0 aliphatic carbocycles. The summed E-state index contributed by atoms with van der Waals surface area (Å²) < 4.78 is 0. The fraction of sp³-hybridized carbons (Fsp3) is 1.00. The van der Waals surface area contributed by atoms with Gasteiger partial charge in [-0.2, -0.15) is 0 Å². The predicted octanol–water partition coefficient (Wildman–Crippen LogP) is 5.54. The maximum atomic E-state index is 3.79. The summed E-state index contributed by atoms with van der Waals surface area (Å²) >= 11 is 0. The van der Waals surface area contributed by atoms with Crippen LogP contribution in [0, 0.1) is 5.41 Å². The Hall–Kier alpha value is -0.0400. The molecule has 0 bridgehead atoms. The molecule has 0 amide bonds. The van der Waals surface area contributed by atoms with Gasteiger partial charge in [-0.25, -0.2) is 0 Å². The van der Waals surface area contributed by atoms with Crippen molar-refractivity contribution in [2.24, 2.45) is 5.41 Å². The molecule has 0 aromatic carbocycles. The van der Waals surface area contributed by atoms with Gasteiger partial charge in [-0.1, -0.05) is 73.1 Å². The van der Waals surface area contributed by atoms with E-state index >= 15 is 0 Å². The zero-order valence-electron chi connectivity index (χ0n) is 13.6. The first kappa shape index (κ1) is 18.0. The Labute approximate surface area is 116 Å². The Morgan fingerprint density at radius 1 is 0.833 bits per heavy atom. The largest absolute Gasteiger partial charge is 0.314 e. The zero-order chi connectivity index (χ0) is 13.9. The van der Waals surface area contributed by atoms with Crippen LogP contribution in [-0.2, 0) is 0 Å². The standard InChI is InChI=1S/C17H37N/c1-6-8-10-12-16(13-11-9-7-2)18-15-14-17(3,4)5/h16,18H,6-15H2,1-5H3. The monoisotopic (exact) mass is 255 g/mol. The van der Waals surface area contributed by atoms with Crippen LogP contribution in [0.1, 0.15) is 92.4 Å². The molecule has 18 heavy (non-hydrogen) atoms. The number of hydrogen-bond acceptors (Lipinski definition) is 1. The molecule has 0 aliphatic rings. The summed E-state index contributed by atoms with van der Waals surface area (Å²) in [6.07, 6.45) is 12.3. The summed E-state index contributed by atoms with van der Waals surface area (Å²) in [4.78, 5) is 0. The van der Waals surface area contributed by atoms with Gasteiger partial charge in [0.2, 0.25) is 0 Å². The van der Waals surface area contributed by atoms with Gasteiger partial charge in [0.1, 0.15) is 0 Å². The van der Waals surface area contributed by atoms with E-state index in [1.165, 1.54) is 64.3 Å². The molecule has 0 atom stereocenters. The molecule has 0 spiro atoms. The minimum Gasteiger partial charge on any atom is -0.314 e. The normalized spacial score (nSPS) is 12.3. The maximum Gasteiger partial charge on any atom is 0.00670 e. The minimum atomic E-state index is 0.463. The molecule has 1 heteroatoms. The molecule has 0 saturated heterocycles. The van der Waals surface area contributed by atoms with Crippen LogP contribution in [-0.4, -0.2) is 12.6 Å². The van der Waals surface area contributed by atoms with E-state index in [2.05, 4.69) is 39.9 Å². The zero-order valence-corrected chi connectivity index (χ0v) is 13.6. The average Bonchev–Trinajstić information content (AvgIpc) is 2.27. The molecule has 0 aliphatic heterocycles. The maximum absolute atomic E-state index is 3.79. The van der Waals surface area contributed by atoms with Crippen LogP contribution in [0.2, 0.25) is 0 Å². The van der Waals surface area contributed by atoms with E-state index in [1.807, 2.05) is 0 Å². The summed E-state index contributed by atoms with van der Waals surface area (Å²) in [6.45, 7) is 12.8. The minimum absolute atomic E-state index is 0.463. The molecule has 0 heterocycles. The molecular formula is C17H37N. The smallest absolute Gasteiger partial charge is 0.00670 e. The highest BCUT2D eigenvalue weighted by Crippen LogP contribution is 2.18. The third kappa shape index (κ3) is 12.4. The molecule has 0 fully saturated rings. The molecule has 0 radical (unpaired) electrons. The molecule has 1 nitrogen and oxygen atoms in total. The van der Waals surface area contributed by atoms with Crippen LogP contribution in [0.15, 0.2) is 0 Å². The van der Waals surface area contributed by atoms with Gasteiger partial charge in [0.05, 0.1) is 0 Å². The molecule has 110 valence electrons. The van der Waals surface area contributed by atoms with Crippen LogP contribution in [0.3, 0.4) is 0 Å². The van der Waals surface area contributed by atoms with Crippen molar-refractivity contribution in [2.75, 3.05) is 6.54 Å². The van der Waals surface area contributed by atoms with Gasteiger partial charge in [-0.15, -0.1) is 0 Å². The van der Waals surface area contributed by atoms with Crippen molar-refractivity contribution in [1.29, 1.82) is 0 Å². The second-order valence-corrected chi connectivity index (χ2v) is 6.95. The second-order valence-electron chi connectivity index (χ2n) is 6.95. The van der Waals surface area contributed by atoms with Crippen LogP contribution >= 0.6 is 0 Å². The SMILES string of the molecule is CCCCCC(CCCCC)NCCC(C)(C)C. The van der Waals surface area contributed by atoms with Crippen molar-refractivity contribution >= 4 is 0 Å². The van der Waals surface area contributed by atoms with Crippen molar-refractivity contribution in [3.05, 3.63) is 0 Å². The van der Waals surface area contributed by atoms with Gasteiger partial charge in [0.25, 0.3) is 0 Å². The Kier molecular flexibility index (Phi) is 10.8. The van der Waals surface area contributed by atoms with E-state index in [-0.39, 0.29) is 0 Å². The molecule has 0 saturated carbocycles. The van der Waals surface area contributed by atoms with E-state index in [4.69, 9.17) is 0 Å².